The van der Waals surface area contributed by atoms with Gasteiger partial charge in [-0.1, -0.05) is 11.6 Å². The number of carboxylic acids is 1. The fourth-order valence-electron chi connectivity index (χ4n) is 1.59. The summed E-state index contributed by atoms with van der Waals surface area (Å²) in [5.41, 5.74) is 2.76. The molecule has 2 rings (SSSR count). The van der Waals surface area contributed by atoms with Crippen molar-refractivity contribution in [2.45, 2.75) is 6.92 Å². The average Bonchev–Trinajstić information content (AvgIpc) is 2.80. The maximum absolute atomic E-state index is 10.5. The van der Waals surface area contributed by atoms with Crippen LogP contribution in [-0.2, 0) is 4.79 Å². The van der Waals surface area contributed by atoms with E-state index in [4.69, 9.17) is 5.11 Å². The maximum Gasteiger partial charge on any atom is 0.328 e. The Kier molecular flexibility index (Phi) is 3.05. The van der Waals surface area contributed by atoms with Crippen molar-refractivity contribution in [1.29, 1.82) is 0 Å². The van der Waals surface area contributed by atoms with E-state index in [1.54, 1.807) is 17.0 Å². The number of nitrogens with zero attached hydrogens (tertiary/aromatic N) is 2. The van der Waals surface area contributed by atoms with Crippen molar-refractivity contribution in [3.63, 3.8) is 0 Å². The topological polar surface area (TPSA) is 55.1 Å². The Hall–Kier alpha value is -2.36. The third-order valence-electron chi connectivity index (χ3n) is 2.34. The molecule has 4 nitrogen and oxygen atoms in total. The molecule has 0 saturated carbocycles. The van der Waals surface area contributed by atoms with Crippen LogP contribution in [0, 0.1) is 6.92 Å². The van der Waals surface area contributed by atoms with Crippen LogP contribution < -0.4 is 0 Å². The minimum absolute atomic E-state index is 0.830. The summed E-state index contributed by atoms with van der Waals surface area (Å²) in [4.78, 5) is 10.5. The van der Waals surface area contributed by atoms with Gasteiger partial charge < -0.3 is 5.11 Å². The van der Waals surface area contributed by atoms with Crippen LogP contribution in [-0.4, -0.2) is 20.9 Å². The molecular formula is C13H12N2O2. The zero-order valence-corrected chi connectivity index (χ0v) is 9.37. The SMILES string of the molecule is Cc1ccc(-n2cccn2)c(/C=C/C(=O)O)c1. The minimum atomic E-state index is -0.960. The van der Waals surface area contributed by atoms with E-state index < -0.39 is 5.97 Å². The molecule has 0 amide bonds. The second kappa shape index (κ2) is 4.65. The smallest absolute Gasteiger partial charge is 0.328 e. The van der Waals surface area contributed by atoms with Crippen LogP contribution in [0.4, 0.5) is 0 Å². The number of aromatic nitrogens is 2. The zero-order chi connectivity index (χ0) is 12.3. The lowest BCUT2D eigenvalue weighted by Gasteiger charge is -2.07. The highest BCUT2D eigenvalue weighted by atomic mass is 16.4. The van der Waals surface area contributed by atoms with E-state index in [2.05, 4.69) is 5.10 Å². The molecule has 0 radical (unpaired) electrons. The molecular weight excluding hydrogens is 216 g/mol. The summed E-state index contributed by atoms with van der Waals surface area (Å²) in [5.74, 6) is -0.960. The number of aliphatic carboxylic acids is 1. The Morgan fingerprint density at radius 3 is 2.94 bits per heavy atom. The van der Waals surface area contributed by atoms with Crippen LogP contribution in [0.15, 0.2) is 42.7 Å². The third-order valence-corrected chi connectivity index (χ3v) is 2.34. The lowest BCUT2D eigenvalue weighted by molar-refractivity contribution is -0.131. The van der Waals surface area contributed by atoms with Crippen molar-refractivity contribution < 1.29 is 9.90 Å². The van der Waals surface area contributed by atoms with E-state index in [-0.39, 0.29) is 0 Å². The first-order valence-corrected chi connectivity index (χ1v) is 5.18. The largest absolute Gasteiger partial charge is 0.478 e. The highest BCUT2D eigenvalue weighted by molar-refractivity contribution is 5.86. The Morgan fingerprint density at radius 2 is 2.29 bits per heavy atom. The molecule has 0 aliphatic rings. The van der Waals surface area contributed by atoms with Crippen molar-refractivity contribution in [3.8, 4) is 5.69 Å². The van der Waals surface area contributed by atoms with Crippen LogP contribution in [0.3, 0.4) is 0 Å². The normalized spacial score (nSPS) is 10.9. The Bertz CT molecular complexity index is 557. The summed E-state index contributed by atoms with van der Waals surface area (Å²) in [6, 6.07) is 7.64. The molecule has 0 fully saturated rings. The number of rotatable bonds is 3. The summed E-state index contributed by atoms with van der Waals surface area (Å²) in [7, 11) is 0. The first-order chi connectivity index (χ1) is 8.16. The quantitative estimate of drug-likeness (QED) is 0.820. The lowest BCUT2D eigenvalue weighted by atomic mass is 10.1. The number of hydrogen-bond donors (Lipinski definition) is 1. The van der Waals surface area contributed by atoms with Crippen LogP contribution in [0.5, 0.6) is 0 Å². The number of aryl methyl sites for hydroxylation is 1. The van der Waals surface area contributed by atoms with Gasteiger partial charge >= 0.3 is 5.97 Å². The second-order valence-electron chi connectivity index (χ2n) is 3.68. The fourth-order valence-corrected chi connectivity index (χ4v) is 1.59. The molecule has 0 aliphatic carbocycles. The zero-order valence-electron chi connectivity index (χ0n) is 9.37. The van der Waals surface area contributed by atoms with Gasteiger partial charge in [-0.3, -0.25) is 0 Å². The molecule has 1 N–H and O–H groups in total. The van der Waals surface area contributed by atoms with Crippen molar-refractivity contribution in [2.24, 2.45) is 0 Å². The highest BCUT2D eigenvalue weighted by Crippen LogP contribution is 2.17. The van der Waals surface area contributed by atoms with Gasteiger partial charge in [-0.15, -0.1) is 0 Å². The van der Waals surface area contributed by atoms with Gasteiger partial charge in [0.15, 0.2) is 0 Å². The van der Waals surface area contributed by atoms with Crippen LogP contribution in [0.25, 0.3) is 11.8 Å². The molecule has 86 valence electrons. The van der Waals surface area contributed by atoms with Crippen LogP contribution in [0.1, 0.15) is 11.1 Å². The minimum Gasteiger partial charge on any atom is -0.478 e. The summed E-state index contributed by atoms with van der Waals surface area (Å²) < 4.78 is 1.71. The van der Waals surface area contributed by atoms with Crippen LogP contribution >= 0.6 is 0 Å². The average molecular weight is 228 g/mol. The highest BCUT2D eigenvalue weighted by Gasteiger charge is 2.03. The van der Waals surface area contributed by atoms with E-state index in [1.165, 1.54) is 0 Å². The van der Waals surface area contributed by atoms with Gasteiger partial charge in [0.1, 0.15) is 0 Å². The van der Waals surface area contributed by atoms with E-state index in [1.807, 2.05) is 37.4 Å². The van der Waals surface area contributed by atoms with Crippen molar-refractivity contribution in [2.75, 3.05) is 0 Å². The molecule has 1 aromatic heterocycles. The molecule has 0 spiro atoms. The number of hydrogen-bond acceptors (Lipinski definition) is 2. The molecule has 4 heteroatoms. The fraction of sp³-hybridized carbons (Fsp3) is 0.0769. The van der Waals surface area contributed by atoms with Gasteiger partial charge in [-0.2, -0.15) is 5.10 Å². The van der Waals surface area contributed by atoms with Gasteiger partial charge in [-0.25, -0.2) is 9.48 Å². The first-order valence-electron chi connectivity index (χ1n) is 5.18. The molecule has 0 saturated heterocycles. The maximum atomic E-state index is 10.5. The van der Waals surface area contributed by atoms with Gasteiger partial charge in [-0.05, 0) is 31.2 Å². The summed E-state index contributed by atoms with van der Waals surface area (Å²) in [6.45, 7) is 1.96. The molecule has 0 bridgehead atoms. The second-order valence-corrected chi connectivity index (χ2v) is 3.68. The lowest BCUT2D eigenvalue weighted by Crippen LogP contribution is -1.98. The van der Waals surface area contributed by atoms with Gasteiger partial charge in [0.2, 0.25) is 0 Å². The molecule has 2 aromatic rings. The first kappa shape index (κ1) is 11.1. The Morgan fingerprint density at radius 1 is 1.47 bits per heavy atom. The number of carbonyl (C=O) groups is 1. The summed E-state index contributed by atoms with van der Waals surface area (Å²) in [6.07, 6.45) is 6.21. The number of carboxylic acid groups (broad SMARTS) is 1. The molecule has 1 heterocycles. The summed E-state index contributed by atoms with van der Waals surface area (Å²) in [5, 5.41) is 12.8. The standard InChI is InChI=1S/C13H12N2O2/c1-10-3-5-12(15-8-2-7-14-15)11(9-10)4-6-13(16)17/h2-9H,1H3,(H,16,17)/b6-4+. The van der Waals surface area contributed by atoms with E-state index in [9.17, 15) is 4.79 Å². The Balaban J connectivity index is 2.48. The summed E-state index contributed by atoms with van der Waals surface area (Å²) >= 11 is 0. The third kappa shape index (κ3) is 2.60. The molecule has 0 unspecified atom stereocenters. The number of benzene rings is 1. The van der Waals surface area contributed by atoms with E-state index >= 15 is 0 Å². The van der Waals surface area contributed by atoms with Crippen molar-refractivity contribution in [1.82, 2.24) is 9.78 Å². The predicted molar refractivity (Wildman–Crippen MR) is 65.0 cm³/mol. The molecule has 0 aliphatic heterocycles. The Labute approximate surface area is 98.8 Å². The van der Waals surface area contributed by atoms with Gasteiger partial charge in [0.05, 0.1) is 5.69 Å². The van der Waals surface area contributed by atoms with E-state index in [0.29, 0.717) is 0 Å². The predicted octanol–water partition coefficient (Wildman–Crippen LogP) is 2.28. The van der Waals surface area contributed by atoms with Gasteiger partial charge in [0, 0.05) is 24.0 Å². The van der Waals surface area contributed by atoms with Crippen LogP contribution in [0.2, 0.25) is 0 Å². The molecule has 0 atom stereocenters. The van der Waals surface area contributed by atoms with Crippen molar-refractivity contribution in [3.05, 3.63) is 53.9 Å². The monoisotopic (exact) mass is 228 g/mol. The molecule has 17 heavy (non-hydrogen) atoms. The molecule has 1 aromatic carbocycles. The van der Waals surface area contributed by atoms with Crippen molar-refractivity contribution >= 4 is 12.0 Å². The van der Waals surface area contributed by atoms with E-state index in [0.717, 1.165) is 22.9 Å². The van der Waals surface area contributed by atoms with Gasteiger partial charge in [0.25, 0.3) is 0 Å².